The van der Waals surface area contributed by atoms with E-state index in [4.69, 9.17) is 11.6 Å². The summed E-state index contributed by atoms with van der Waals surface area (Å²) >= 11 is 9.33. The molecule has 0 aliphatic carbocycles. The normalized spacial score (nSPS) is 10.5. The highest BCUT2D eigenvalue weighted by Gasteiger charge is 2.02. The molecule has 0 saturated heterocycles. The lowest BCUT2D eigenvalue weighted by Gasteiger charge is -1.99. The molecule has 12 heavy (non-hydrogen) atoms. The van der Waals surface area contributed by atoms with Crippen LogP contribution in [-0.4, -0.2) is 10.2 Å². The summed E-state index contributed by atoms with van der Waals surface area (Å²) in [5, 5.41) is 9.22. The van der Waals surface area contributed by atoms with E-state index in [1.807, 2.05) is 18.2 Å². The average Bonchev–Trinajstić information content (AvgIpc) is 2.04. The maximum absolute atomic E-state index is 5.93. The minimum Gasteiger partial charge on any atom is -0.157 e. The fourth-order valence-corrected chi connectivity index (χ4v) is 1.96. The number of hydrogen-bond acceptors (Lipinski definition) is 2. The van der Waals surface area contributed by atoms with Crippen molar-refractivity contribution in [3.63, 3.8) is 0 Å². The third kappa shape index (κ3) is 1.19. The van der Waals surface area contributed by atoms with Crippen LogP contribution in [0.15, 0.2) is 28.9 Å². The monoisotopic (exact) mass is 242 g/mol. The van der Waals surface area contributed by atoms with E-state index in [0.717, 1.165) is 15.4 Å². The van der Waals surface area contributed by atoms with E-state index in [1.165, 1.54) is 6.20 Å². The summed E-state index contributed by atoms with van der Waals surface area (Å²) in [6.45, 7) is 0. The van der Waals surface area contributed by atoms with Gasteiger partial charge in [0.1, 0.15) is 0 Å². The van der Waals surface area contributed by atoms with E-state index < -0.39 is 0 Å². The van der Waals surface area contributed by atoms with Crippen molar-refractivity contribution in [2.45, 2.75) is 0 Å². The number of rotatable bonds is 0. The van der Waals surface area contributed by atoms with Crippen molar-refractivity contribution in [2.24, 2.45) is 0 Å². The fourth-order valence-electron chi connectivity index (χ4n) is 1.04. The molecule has 0 aliphatic heterocycles. The molecule has 4 heteroatoms. The molecule has 0 bridgehead atoms. The predicted molar refractivity (Wildman–Crippen MR) is 52.2 cm³/mol. The average molecular weight is 243 g/mol. The Morgan fingerprint density at radius 2 is 2.17 bits per heavy atom. The first kappa shape index (κ1) is 7.95. The van der Waals surface area contributed by atoms with Crippen LogP contribution in [-0.2, 0) is 0 Å². The molecule has 0 N–H and O–H groups in total. The molecule has 2 rings (SSSR count). The molecule has 1 aromatic carbocycles. The molecule has 0 atom stereocenters. The van der Waals surface area contributed by atoms with Crippen molar-refractivity contribution in [3.05, 3.63) is 33.9 Å². The van der Waals surface area contributed by atoms with E-state index in [0.29, 0.717) is 5.02 Å². The number of aromatic nitrogens is 2. The van der Waals surface area contributed by atoms with Crippen molar-refractivity contribution >= 4 is 38.4 Å². The van der Waals surface area contributed by atoms with Crippen LogP contribution < -0.4 is 0 Å². The van der Waals surface area contributed by atoms with Gasteiger partial charge in [0.25, 0.3) is 0 Å². The molecule has 0 radical (unpaired) electrons. The lowest BCUT2D eigenvalue weighted by Crippen LogP contribution is -1.84. The highest BCUT2D eigenvalue weighted by molar-refractivity contribution is 9.10. The van der Waals surface area contributed by atoms with Crippen LogP contribution in [0.5, 0.6) is 0 Å². The summed E-state index contributed by atoms with van der Waals surface area (Å²) in [5.41, 5.74) is 0.803. The molecule has 2 nitrogen and oxygen atoms in total. The third-order valence-electron chi connectivity index (χ3n) is 1.57. The molecule has 0 aliphatic rings. The quantitative estimate of drug-likeness (QED) is 0.711. The zero-order valence-electron chi connectivity index (χ0n) is 5.96. The molecular weight excluding hydrogens is 239 g/mol. The first-order valence-electron chi connectivity index (χ1n) is 3.34. The van der Waals surface area contributed by atoms with Gasteiger partial charge in [0.15, 0.2) is 0 Å². The zero-order chi connectivity index (χ0) is 8.55. The molecule has 0 fully saturated rings. The lowest BCUT2D eigenvalue weighted by atomic mass is 10.2. The molecule has 1 heterocycles. The van der Waals surface area contributed by atoms with E-state index in [2.05, 4.69) is 26.1 Å². The number of halogens is 2. The van der Waals surface area contributed by atoms with Gasteiger partial charge in [-0.05, 0) is 12.1 Å². The van der Waals surface area contributed by atoms with Crippen LogP contribution in [0.1, 0.15) is 0 Å². The van der Waals surface area contributed by atoms with Crippen molar-refractivity contribution < 1.29 is 0 Å². The molecule has 1 aromatic heterocycles. The topological polar surface area (TPSA) is 25.8 Å². The Kier molecular flexibility index (Phi) is 1.98. The Bertz CT molecular complexity index is 394. The maximum atomic E-state index is 5.93. The smallest absolute Gasteiger partial charge is 0.0956 e. The van der Waals surface area contributed by atoms with Crippen molar-refractivity contribution in [3.8, 4) is 0 Å². The highest BCUT2D eigenvalue weighted by atomic mass is 79.9. The van der Waals surface area contributed by atoms with Crippen LogP contribution in [0, 0.1) is 0 Å². The first-order chi connectivity index (χ1) is 5.79. The Morgan fingerprint density at radius 3 is 2.92 bits per heavy atom. The molecule has 0 amide bonds. The fraction of sp³-hybridized carbons (Fsp3) is 0. The minimum absolute atomic E-state index is 0.618. The second-order valence-corrected chi connectivity index (χ2v) is 3.59. The molecule has 2 aromatic rings. The van der Waals surface area contributed by atoms with Crippen LogP contribution in [0.4, 0.5) is 0 Å². The molecule has 60 valence electrons. The van der Waals surface area contributed by atoms with Crippen LogP contribution >= 0.6 is 27.5 Å². The number of nitrogens with zero attached hydrogens (tertiary/aromatic N) is 2. The van der Waals surface area contributed by atoms with E-state index in [1.54, 1.807) is 0 Å². The molecular formula is C8H4BrClN2. The predicted octanol–water partition coefficient (Wildman–Crippen LogP) is 3.05. The van der Waals surface area contributed by atoms with Gasteiger partial charge in [-0.1, -0.05) is 33.6 Å². The minimum atomic E-state index is 0.618. The summed E-state index contributed by atoms with van der Waals surface area (Å²) in [6.07, 6.45) is 1.54. The number of fused-ring (bicyclic) bond motifs is 1. The van der Waals surface area contributed by atoms with Gasteiger partial charge in [-0.3, -0.25) is 0 Å². The van der Waals surface area contributed by atoms with Gasteiger partial charge in [-0.25, -0.2) is 0 Å². The van der Waals surface area contributed by atoms with Gasteiger partial charge in [-0.15, -0.1) is 0 Å². The van der Waals surface area contributed by atoms with E-state index >= 15 is 0 Å². The van der Waals surface area contributed by atoms with Crippen molar-refractivity contribution in [2.75, 3.05) is 0 Å². The SMILES string of the molecule is Clc1cnnc2cccc(Br)c12. The van der Waals surface area contributed by atoms with Gasteiger partial charge in [0.2, 0.25) is 0 Å². The summed E-state index contributed by atoms with van der Waals surface area (Å²) in [5.74, 6) is 0. The van der Waals surface area contributed by atoms with Gasteiger partial charge < -0.3 is 0 Å². The Balaban J connectivity index is 2.96. The second-order valence-electron chi connectivity index (χ2n) is 2.33. The molecule has 0 spiro atoms. The van der Waals surface area contributed by atoms with Gasteiger partial charge in [0, 0.05) is 9.86 Å². The van der Waals surface area contributed by atoms with Crippen molar-refractivity contribution in [1.29, 1.82) is 0 Å². The van der Waals surface area contributed by atoms with E-state index in [-0.39, 0.29) is 0 Å². The van der Waals surface area contributed by atoms with Crippen LogP contribution in [0.2, 0.25) is 5.02 Å². The molecule has 0 saturated carbocycles. The van der Waals surface area contributed by atoms with Gasteiger partial charge >= 0.3 is 0 Å². The standard InChI is InChI=1S/C8H4BrClN2/c9-5-2-1-3-7-8(5)6(10)4-11-12-7/h1-4H. The second kappa shape index (κ2) is 2.99. The van der Waals surface area contributed by atoms with Gasteiger partial charge in [-0.2, -0.15) is 10.2 Å². The zero-order valence-corrected chi connectivity index (χ0v) is 8.30. The van der Waals surface area contributed by atoms with Crippen LogP contribution in [0.25, 0.3) is 10.9 Å². The third-order valence-corrected chi connectivity index (χ3v) is 2.51. The molecule has 0 unspecified atom stereocenters. The Hall–Kier alpha value is -0.670. The summed E-state index contributed by atoms with van der Waals surface area (Å²) < 4.78 is 0.944. The maximum Gasteiger partial charge on any atom is 0.0956 e. The van der Waals surface area contributed by atoms with Crippen molar-refractivity contribution in [1.82, 2.24) is 10.2 Å². The summed E-state index contributed by atoms with van der Waals surface area (Å²) in [6, 6.07) is 5.70. The Labute approximate surface area is 82.7 Å². The largest absolute Gasteiger partial charge is 0.157 e. The first-order valence-corrected chi connectivity index (χ1v) is 4.51. The number of benzene rings is 1. The lowest BCUT2D eigenvalue weighted by molar-refractivity contribution is 1.08. The summed E-state index contributed by atoms with van der Waals surface area (Å²) in [4.78, 5) is 0. The Morgan fingerprint density at radius 1 is 1.33 bits per heavy atom. The van der Waals surface area contributed by atoms with Gasteiger partial charge in [0.05, 0.1) is 16.7 Å². The van der Waals surface area contributed by atoms with E-state index in [9.17, 15) is 0 Å². The van der Waals surface area contributed by atoms with Crippen LogP contribution in [0.3, 0.4) is 0 Å². The summed E-state index contributed by atoms with van der Waals surface area (Å²) in [7, 11) is 0. The highest BCUT2D eigenvalue weighted by Crippen LogP contribution is 2.27. The number of hydrogen-bond donors (Lipinski definition) is 0.